The summed E-state index contributed by atoms with van der Waals surface area (Å²) < 4.78 is 28.1. The van der Waals surface area contributed by atoms with E-state index in [2.05, 4.69) is 16.9 Å². The lowest BCUT2D eigenvalue weighted by atomic mass is 9.83. The highest BCUT2D eigenvalue weighted by molar-refractivity contribution is 7.89. The van der Waals surface area contributed by atoms with E-state index in [1.54, 1.807) is 24.3 Å². The zero-order chi connectivity index (χ0) is 18.6. The molecule has 0 amide bonds. The number of carbonyl (C=O) groups is 1. The molecule has 26 heavy (non-hydrogen) atoms. The Morgan fingerprint density at radius 1 is 1.15 bits per heavy atom. The van der Waals surface area contributed by atoms with Gasteiger partial charge >= 0.3 is 5.97 Å². The standard InChI is InChI=1S/C20H27NO4S/c22-20(23)11-7-2-1-4-8-16-12-15-13-18(16)19(14-15)21-26(24,25)17-9-5-3-6-10-17/h1,3-6,9-10,15-16,18-19,21H,2,7-8,11-14H2,(H,22,23)/b4-1-/t15-,16+,18-,19+/m1/s1. The monoisotopic (exact) mass is 377 g/mol. The highest BCUT2D eigenvalue weighted by atomic mass is 32.2. The molecule has 1 aromatic carbocycles. The molecule has 0 saturated heterocycles. The number of rotatable bonds is 9. The minimum absolute atomic E-state index is 0.0318. The van der Waals surface area contributed by atoms with Gasteiger partial charge in [-0.1, -0.05) is 30.4 Å². The normalized spacial score (nSPS) is 28.0. The maximum Gasteiger partial charge on any atom is 0.303 e. The molecular formula is C20H27NO4S. The molecule has 5 nitrogen and oxygen atoms in total. The van der Waals surface area contributed by atoms with Crippen molar-refractivity contribution in [1.82, 2.24) is 4.72 Å². The van der Waals surface area contributed by atoms with Crippen molar-refractivity contribution in [1.29, 1.82) is 0 Å². The highest BCUT2D eigenvalue weighted by Crippen LogP contribution is 2.50. The van der Waals surface area contributed by atoms with Crippen molar-refractivity contribution in [2.24, 2.45) is 17.8 Å². The maximum atomic E-state index is 12.6. The number of carboxylic acid groups (broad SMARTS) is 1. The van der Waals surface area contributed by atoms with E-state index < -0.39 is 16.0 Å². The van der Waals surface area contributed by atoms with Gasteiger partial charge < -0.3 is 5.11 Å². The van der Waals surface area contributed by atoms with Crippen LogP contribution in [0, 0.1) is 17.8 Å². The number of benzene rings is 1. The zero-order valence-electron chi connectivity index (χ0n) is 14.9. The van der Waals surface area contributed by atoms with Gasteiger partial charge in [0.15, 0.2) is 0 Å². The van der Waals surface area contributed by atoms with Crippen LogP contribution in [-0.2, 0) is 14.8 Å². The van der Waals surface area contributed by atoms with E-state index in [1.165, 1.54) is 6.42 Å². The largest absolute Gasteiger partial charge is 0.481 e. The molecule has 0 aromatic heterocycles. The average molecular weight is 378 g/mol. The van der Waals surface area contributed by atoms with Crippen LogP contribution in [0.4, 0.5) is 0 Å². The van der Waals surface area contributed by atoms with Gasteiger partial charge in [0.05, 0.1) is 4.90 Å². The molecule has 142 valence electrons. The van der Waals surface area contributed by atoms with Gasteiger partial charge in [-0.3, -0.25) is 4.79 Å². The van der Waals surface area contributed by atoms with Crippen molar-refractivity contribution in [2.75, 3.05) is 0 Å². The number of nitrogens with one attached hydrogen (secondary N) is 1. The van der Waals surface area contributed by atoms with Crippen LogP contribution in [-0.4, -0.2) is 25.5 Å². The SMILES string of the molecule is O=C(O)CCC/C=C\C[C@H]1C[C@@H]2C[C@H]1[C@@H](NS(=O)(=O)c1ccccc1)C2. The number of unbranched alkanes of at least 4 members (excludes halogenated alkanes) is 1. The summed E-state index contributed by atoms with van der Waals surface area (Å²) in [6.45, 7) is 0. The van der Waals surface area contributed by atoms with E-state index >= 15 is 0 Å². The Morgan fingerprint density at radius 2 is 1.92 bits per heavy atom. The molecule has 1 aromatic rings. The number of fused-ring (bicyclic) bond motifs is 2. The fourth-order valence-electron chi connectivity index (χ4n) is 4.53. The summed E-state index contributed by atoms with van der Waals surface area (Å²) in [7, 11) is -3.45. The zero-order valence-corrected chi connectivity index (χ0v) is 15.7. The third-order valence-corrected chi connectivity index (χ3v) is 7.18. The summed E-state index contributed by atoms with van der Waals surface area (Å²) in [5.74, 6) is 0.795. The molecular weight excluding hydrogens is 350 g/mol. The molecule has 2 aliphatic rings. The smallest absolute Gasteiger partial charge is 0.303 e. The van der Waals surface area contributed by atoms with Crippen LogP contribution in [0.5, 0.6) is 0 Å². The third kappa shape index (κ3) is 4.74. The van der Waals surface area contributed by atoms with Crippen molar-refractivity contribution in [2.45, 2.75) is 55.9 Å². The summed E-state index contributed by atoms with van der Waals surface area (Å²) in [5, 5.41) is 8.64. The summed E-state index contributed by atoms with van der Waals surface area (Å²) in [6, 6.07) is 8.60. The van der Waals surface area contributed by atoms with Crippen LogP contribution in [0.1, 0.15) is 44.9 Å². The topological polar surface area (TPSA) is 83.5 Å². The number of aliphatic carboxylic acids is 1. The maximum absolute atomic E-state index is 12.6. The fourth-order valence-corrected chi connectivity index (χ4v) is 5.85. The highest BCUT2D eigenvalue weighted by Gasteiger charge is 2.46. The Hall–Kier alpha value is -1.66. The fraction of sp³-hybridized carbons (Fsp3) is 0.550. The van der Waals surface area contributed by atoms with Crippen LogP contribution in [0.25, 0.3) is 0 Å². The predicted molar refractivity (Wildman–Crippen MR) is 100 cm³/mol. The molecule has 0 unspecified atom stereocenters. The van der Waals surface area contributed by atoms with E-state index in [-0.39, 0.29) is 12.5 Å². The first-order valence-electron chi connectivity index (χ1n) is 9.40. The molecule has 2 aliphatic carbocycles. The van der Waals surface area contributed by atoms with Gasteiger partial charge in [-0.25, -0.2) is 13.1 Å². The lowest BCUT2D eigenvalue weighted by molar-refractivity contribution is -0.137. The summed E-state index contributed by atoms with van der Waals surface area (Å²) in [6.07, 6.45) is 10.1. The summed E-state index contributed by atoms with van der Waals surface area (Å²) >= 11 is 0. The third-order valence-electron chi connectivity index (χ3n) is 5.68. The first-order valence-corrected chi connectivity index (χ1v) is 10.9. The van der Waals surface area contributed by atoms with Crippen LogP contribution in [0.2, 0.25) is 0 Å². The molecule has 0 radical (unpaired) electrons. The molecule has 2 bridgehead atoms. The Balaban J connectivity index is 1.52. The Morgan fingerprint density at radius 3 is 2.62 bits per heavy atom. The molecule has 4 atom stereocenters. The quantitative estimate of drug-likeness (QED) is 0.509. The lowest BCUT2D eigenvalue weighted by Gasteiger charge is -2.29. The molecule has 0 aliphatic heterocycles. The van der Waals surface area contributed by atoms with Gasteiger partial charge in [-0.15, -0.1) is 0 Å². The summed E-state index contributed by atoms with van der Waals surface area (Å²) in [5.41, 5.74) is 0. The van der Waals surface area contributed by atoms with Crippen molar-refractivity contribution in [3.05, 3.63) is 42.5 Å². The number of carboxylic acids is 1. The van der Waals surface area contributed by atoms with Gasteiger partial charge in [0.1, 0.15) is 0 Å². The Kier molecular flexibility index (Phi) is 6.14. The van der Waals surface area contributed by atoms with E-state index in [0.717, 1.165) is 25.7 Å². The minimum atomic E-state index is -3.45. The van der Waals surface area contributed by atoms with Gasteiger partial charge in [0, 0.05) is 12.5 Å². The van der Waals surface area contributed by atoms with Crippen molar-refractivity contribution in [3.8, 4) is 0 Å². The molecule has 3 rings (SSSR count). The number of hydrogen-bond donors (Lipinski definition) is 2. The van der Waals surface area contributed by atoms with Crippen LogP contribution in [0.3, 0.4) is 0 Å². The van der Waals surface area contributed by atoms with Crippen LogP contribution < -0.4 is 4.72 Å². The van der Waals surface area contributed by atoms with Crippen molar-refractivity contribution >= 4 is 16.0 Å². The Bertz CT molecular complexity index is 744. The van der Waals surface area contributed by atoms with Crippen molar-refractivity contribution < 1.29 is 18.3 Å². The molecule has 2 saturated carbocycles. The molecule has 2 fully saturated rings. The average Bonchev–Trinajstić information content (AvgIpc) is 3.18. The molecule has 0 spiro atoms. The van der Waals surface area contributed by atoms with Crippen molar-refractivity contribution in [3.63, 3.8) is 0 Å². The van der Waals surface area contributed by atoms with Gasteiger partial charge in [-0.05, 0) is 68.4 Å². The number of hydrogen-bond acceptors (Lipinski definition) is 3. The van der Waals surface area contributed by atoms with E-state index in [1.807, 2.05) is 6.07 Å². The predicted octanol–water partition coefficient (Wildman–Crippen LogP) is 3.58. The first kappa shape index (κ1) is 19.1. The second-order valence-corrected chi connectivity index (χ2v) is 9.24. The van der Waals surface area contributed by atoms with Crippen LogP contribution >= 0.6 is 0 Å². The second kappa shape index (κ2) is 8.35. The minimum Gasteiger partial charge on any atom is -0.481 e. The molecule has 0 heterocycles. The number of sulfonamides is 1. The van der Waals surface area contributed by atoms with Gasteiger partial charge in [0.25, 0.3) is 0 Å². The Labute approximate surface area is 155 Å². The number of allylic oxidation sites excluding steroid dienone is 2. The van der Waals surface area contributed by atoms with E-state index in [9.17, 15) is 13.2 Å². The molecule has 6 heteroatoms. The van der Waals surface area contributed by atoms with E-state index in [0.29, 0.717) is 29.1 Å². The summed E-state index contributed by atoms with van der Waals surface area (Å²) in [4.78, 5) is 10.8. The lowest BCUT2D eigenvalue weighted by Crippen LogP contribution is -2.41. The molecule has 2 N–H and O–H groups in total. The van der Waals surface area contributed by atoms with Gasteiger partial charge in [0.2, 0.25) is 10.0 Å². The second-order valence-electron chi connectivity index (χ2n) is 7.53. The van der Waals surface area contributed by atoms with Crippen LogP contribution in [0.15, 0.2) is 47.4 Å². The first-order chi connectivity index (χ1) is 12.5. The van der Waals surface area contributed by atoms with E-state index in [4.69, 9.17) is 5.11 Å². The van der Waals surface area contributed by atoms with Gasteiger partial charge in [-0.2, -0.15) is 0 Å².